The second kappa shape index (κ2) is 11.2. The molecule has 170 valence electrons. The lowest BCUT2D eigenvalue weighted by Gasteiger charge is -2.19. The fourth-order valence-electron chi connectivity index (χ4n) is 3.28. The van der Waals surface area contributed by atoms with Gasteiger partial charge in [0.1, 0.15) is 0 Å². The Labute approximate surface area is 197 Å². The molecule has 0 N–H and O–H groups in total. The minimum atomic E-state index is -0.442. The summed E-state index contributed by atoms with van der Waals surface area (Å²) < 4.78 is 1.07. The molecule has 0 unspecified atom stereocenters. The number of aromatic nitrogens is 1. The molecule has 1 amide bonds. The molecule has 1 heterocycles. The van der Waals surface area contributed by atoms with Crippen molar-refractivity contribution < 1.29 is 9.72 Å². The molecule has 1 aromatic heterocycles. The lowest BCUT2D eigenvalue weighted by molar-refractivity contribution is -0.384. The van der Waals surface area contributed by atoms with Crippen LogP contribution in [-0.2, 0) is 4.79 Å². The third kappa shape index (κ3) is 6.35. The van der Waals surface area contributed by atoms with Gasteiger partial charge in [-0.3, -0.25) is 19.8 Å². The number of carbonyl (C=O) groups is 1. The highest BCUT2D eigenvalue weighted by Crippen LogP contribution is 2.32. The lowest BCUT2D eigenvalue weighted by atomic mass is 10.1. The van der Waals surface area contributed by atoms with E-state index in [0.29, 0.717) is 11.7 Å². The molecular weight excluding hydrogens is 448 g/mol. The van der Waals surface area contributed by atoms with Gasteiger partial charge in [-0.25, -0.2) is 4.98 Å². The van der Waals surface area contributed by atoms with Crippen molar-refractivity contribution in [2.75, 3.05) is 32.1 Å². The van der Waals surface area contributed by atoms with Crippen LogP contribution in [-0.4, -0.2) is 47.9 Å². The molecule has 32 heavy (non-hydrogen) atoms. The Balaban J connectivity index is 0.00000363. The summed E-state index contributed by atoms with van der Waals surface area (Å²) in [4.78, 5) is 32.0. The number of nitro benzene ring substituents is 1. The van der Waals surface area contributed by atoms with Crippen LogP contribution in [0.25, 0.3) is 16.3 Å². The minimum Gasteiger partial charge on any atom is -0.309 e. The summed E-state index contributed by atoms with van der Waals surface area (Å²) in [6.07, 6.45) is 3.99. The van der Waals surface area contributed by atoms with Crippen LogP contribution in [0.4, 0.5) is 10.8 Å². The van der Waals surface area contributed by atoms with Gasteiger partial charge >= 0.3 is 0 Å². The molecule has 0 fully saturated rings. The molecule has 0 aliphatic rings. The SMILES string of the molecule is Cc1cc(C)c2nc(N(CCCN(C)C)C(=O)C=Cc3ccc([N+](=O)[O-])cc3)sc2c1.Cl. The standard InChI is InChI=1S/C23H26N4O3S.ClH/c1-16-14-17(2)22-20(15-16)31-23(24-22)26(13-5-12-25(3)4)21(28)11-8-18-6-9-19(10-7-18)27(29)30;/h6-11,14-15H,5,12-13H2,1-4H3;1H. The summed E-state index contributed by atoms with van der Waals surface area (Å²) in [5.74, 6) is -0.162. The van der Waals surface area contributed by atoms with E-state index in [-0.39, 0.29) is 24.0 Å². The summed E-state index contributed by atoms with van der Waals surface area (Å²) in [6.45, 7) is 5.50. The number of nitro groups is 1. The van der Waals surface area contributed by atoms with E-state index in [2.05, 4.69) is 24.0 Å². The number of nitrogens with zero attached hydrogens (tertiary/aromatic N) is 4. The summed E-state index contributed by atoms with van der Waals surface area (Å²) >= 11 is 1.52. The number of halogens is 1. The third-order valence-corrected chi connectivity index (χ3v) is 5.85. The van der Waals surface area contributed by atoms with Crippen LogP contribution >= 0.6 is 23.7 Å². The van der Waals surface area contributed by atoms with Gasteiger partial charge in [0.05, 0.1) is 15.1 Å². The maximum atomic E-state index is 13.1. The van der Waals surface area contributed by atoms with E-state index in [0.717, 1.165) is 34.3 Å². The number of thiazole rings is 1. The Morgan fingerprint density at radius 2 is 1.84 bits per heavy atom. The van der Waals surface area contributed by atoms with E-state index < -0.39 is 4.92 Å². The van der Waals surface area contributed by atoms with Crippen molar-refractivity contribution in [2.24, 2.45) is 0 Å². The van der Waals surface area contributed by atoms with Crippen molar-refractivity contribution >= 4 is 56.8 Å². The summed E-state index contributed by atoms with van der Waals surface area (Å²) in [7, 11) is 4.01. The number of aryl methyl sites for hydroxylation is 2. The number of non-ortho nitro benzene ring substituents is 1. The van der Waals surface area contributed by atoms with Gasteiger partial charge in [-0.15, -0.1) is 12.4 Å². The molecule has 0 bridgehead atoms. The van der Waals surface area contributed by atoms with Gasteiger partial charge in [-0.2, -0.15) is 0 Å². The molecular formula is C23H27ClN4O3S. The zero-order valence-electron chi connectivity index (χ0n) is 18.6. The maximum Gasteiger partial charge on any atom is 0.269 e. The second-order valence-corrected chi connectivity index (χ2v) is 8.76. The molecule has 0 atom stereocenters. The van der Waals surface area contributed by atoms with Gasteiger partial charge in [0.25, 0.3) is 11.6 Å². The van der Waals surface area contributed by atoms with Crippen molar-refractivity contribution in [1.82, 2.24) is 9.88 Å². The normalized spacial score (nSPS) is 11.2. The van der Waals surface area contributed by atoms with Gasteiger partial charge in [0, 0.05) is 24.8 Å². The predicted octanol–water partition coefficient (Wildman–Crippen LogP) is 5.24. The Hall–Kier alpha value is -2.81. The van der Waals surface area contributed by atoms with E-state index >= 15 is 0 Å². The number of hydrogen-bond donors (Lipinski definition) is 0. The molecule has 0 spiro atoms. The average molecular weight is 475 g/mol. The zero-order valence-corrected chi connectivity index (χ0v) is 20.2. The summed E-state index contributed by atoms with van der Waals surface area (Å²) in [6, 6.07) is 10.3. The Kier molecular flexibility index (Phi) is 8.89. The largest absolute Gasteiger partial charge is 0.309 e. The monoisotopic (exact) mass is 474 g/mol. The van der Waals surface area contributed by atoms with Crippen LogP contribution in [0, 0.1) is 24.0 Å². The number of carbonyl (C=O) groups excluding carboxylic acids is 1. The van der Waals surface area contributed by atoms with Crippen molar-refractivity contribution in [3.63, 3.8) is 0 Å². The fraction of sp³-hybridized carbons (Fsp3) is 0.304. The first-order valence-corrected chi connectivity index (χ1v) is 10.8. The molecule has 0 aliphatic carbocycles. The number of amides is 1. The van der Waals surface area contributed by atoms with Crippen LogP contribution in [0.1, 0.15) is 23.1 Å². The smallest absolute Gasteiger partial charge is 0.269 e. The molecule has 0 radical (unpaired) electrons. The Morgan fingerprint density at radius 1 is 1.16 bits per heavy atom. The van der Waals surface area contributed by atoms with Crippen LogP contribution in [0.15, 0.2) is 42.5 Å². The molecule has 0 aliphatic heterocycles. The first-order chi connectivity index (χ1) is 14.7. The molecule has 2 aromatic carbocycles. The number of anilines is 1. The van der Waals surface area contributed by atoms with Crippen LogP contribution in [0.5, 0.6) is 0 Å². The van der Waals surface area contributed by atoms with E-state index in [1.807, 2.05) is 21.0 Å². The Bertz CT molecular complexity index is 1130. The zero-order chi connectivity index (χ0) is 22.5. The van der Waals surface area contributed by atoms with Gasteiger partial charge in [-0.1, -0.05) is 17.4 Å². The third-order valence-electron chi connectivity index (χ3n) is 4.82. The van der Waals surface area contributed by atoms with Gasteiger partial charge in [0.15, 0.2) is 5.13 Å². The van der Waals surface area contributed by atoms with E-state index in [9.17, 15) is 14.9 Å². The van der Waals surface area contributed by atoms with Crippen LogP contribution < -0.4 is 4.90 Å². The average Bonchev–Trinajstić information content (AvgIpc) is 3.13. The lowest BCUT2D eigenvalue weighted by Crippen LogP contribution is -2.32. The highest BCUT2D eigenvalue weighted by atomic mass is 35.5. The van der Waals surface area contributed by atoms with E-state index in [4.69, 9.17) is 4.98 Å². The molecule has 3 rings (SSSR count). The van der Waals surface area contributed by atoms with Gasteiger partial charge in [0.2, 0.25) is 0 Å². The predicted molar refractivity (Wildman–Crippen MR) is 134 cm³/mol. The van der Waals surface area contributed by atoms with Crippen LogP contribution in [0.2, 0.25) is 0 Å². The topological polar surface area (TPSA) is 79.6 Å². The van der Waals surface area contributed by atoms with Crippen molar-refractivity contribution in [3.05, 3.63) is 69.3 Å². The van der Waals surface area contributed by atoms with Crippen LogP contribution in [0.3, 0.4) is 0 Å². The van der Waals surface area contributed by atoms with Crippen molar-refractivity contribution in [1.29, 1.82) is 0 Å². The van der Waals surface area contributed by atoms with E-state index in [1.54, 1.807) is 23.1 Å². The quantitative estimate of drug-likeness (QED) is 0.253. The highest BCUT2D eigenvalue weighted by molar-refractivity contribution is 7.22. The minimum absolute atomic E-state index is 0. The van der Waals surface area contributed by atoms with Crippen molar-refractivity contribution in [2.45, 2.75) is 20.3 Å². The first-order valence-electron chi connectivity index (χ1n) is 10.0. The number of benzene rings is 2. The summed E-state index contributed by atoms with van der Waals surface area (Å²) in [5, 5.41) is 11.5. The van der Waals surface area contributed by atoms with Gasteiger partial charge in [-0.05, 0) is 81.9 Å². The molecule has 3 aromatic rings. The molecule has 7 nitrogen and oxygen atoms in total. The summed E-state index contributed by atoms with van der Waals surface area (Å²) in [5.41, 5.74) is 3.94. The first kappa shape index (κ1) is 25.5. The second-order valence-electron chi connectivity index (χ2n) is 7.75. The van der Waals surface area contributed by atoms with Gasteiger partial charge < -0.3 is 4.90 Å². The fourth-order valence-corrected chi connectivity index (χ4v) is 4.46. The Morgan fingerprint density at radius 3 is 2.47 bits per heavy atom. The number of fused-ring (bicyclic) bond motifs is 1. The maximum absolute atomic E-state index is 13.1. The molecule has 9 heteroatoms. The number of hydrogen-bond acceptors (Lipinski definition) is 6. The van der Waals surface area contributed by atoms with E-state index in [1.165, 1.54) is 35.1 Å². The van der Waals surface area contributed by atoms with Crippen molar-refractivity contribution in [3.8, 4) is 0 Å². The number of rotatable bonds is 8. The molecule has 0 saturated carbocycles. The molecule has 0 saturated heterocycles. The highest BCUT2D eigenvalue weighted by Gasteiger charge is 2.18.